The van der Waals surface area contributed by atoms with Crippen molar-refractivity contribution < 1.29 is 9.90 Å². The minimum absolute atomic E-state index is 0.201. The SMILES string of the molecule is CC1=NCCN1CCC(=O)O. The van der Waals surface area contributed by atoms with Gasteiger partial charge in [-0.2, -0.15) is 0 Å². The Hall–Kier alpha value is -1.06. The maximum Gasteiger partial charge on any atom is 0.305 e. The van der Waals surface area contributed by atoms with Crippen LogP contribution in [0.5, 0.6) is 0 Å². The highest BCUT2D eigenvalue weighted by Crippen LogP contribution is 2.01. The summed E-state index contributed by atoms with van der Waals surface area (Å²) in [5.41, 5.74) is 0. The molecule has 0 amide bonds. The summed E-state index contributed by atoms with van der Waals surface area (Å²) in [6.45, 7) is 4.18. The van der Waals surface area contributed by atoms with Gasteiger partial charge in [-0.15, -0.1) is 0 Å². The van der Waals surface area contributed by atoms with E-state index in [-0.39, 0.29) is 6.42 Å². The summed E-state index contributed by atoms with van der Waals surface area (Å²) in [5, 5.41) is 8.39. The van der Waals surface area contributed by atoms with Gasteiger partial charge in [0.25, 0.3) is 0 Å². The number of amidine groups is 1. The first-order valence-electron chi connectivity index (χ1n) is 3.68. The third-order valence-corrected chi connectivity index (χ3v) is 1.76. The predicted molar refractivity (Wildman–Crippen MR) is 41.8 cm³/mol. The first-order valence-corrected chi connectivity index (χ1v) is 3.68. The molecule has 1 rings (SSSR count). The van der Waals surface area contributed by atoms with E-state index in [0.717, 1.165) is 18.9 Å². The molecule has 0 saturated heterocycles. The van der Waals surface area contributed by atoms with Gasteiger partial charge in [-0.25, -0.2) is 0 Å². The molecule has 11 heavy (non-hydrogen) atoms. The van der Waals surface area contributed by atoms with E-state index in [4.69, 9.17) is 5.11 Å². The van der Waals surface area contributed by atoms with Crippen LogP contribution in [-0.4, -0.2) is 41.4 Å². The highest BCUT2D eigenvalue weighted by Gasteiger charge is 2.12. The van der Waals surface area contributed by atoms with E-state index in [1.165, 1.54) is 0 Å². The number of hydrogen-bond acceptors (Lipinski definition) is 3. The molecule has 0 aromatic heterocycles. The Morgan fingerprint density at radius 2 is 2.55 bits per heavy atom. The lowest BCUT2D eigenvalue weighted by Crippen LogP contribution is -2.28. The summed E-state index contributed by atoms with van der Waals surface area (Å²) >= 11 is 0. The van der Waals surface area contributed by atoms with Crippen LogP contribution in [0.15, 0.2) is 4.99 Å². The van der Waals surface area contributed by atoms with E-state index in [1.807, 2.05) is 11.8 Å². The van der Waals surface area contributed by atoms with Gasteiger partial charge >= 0.3 is 5.97 Å². The zero-order valence-electron chi connectivity index (χ0n) is 6.58. The lowest BCUT2D eigenvalue weighted by atomic mass is 10.4. The largest absolute Gasteiger partial charge is 0.481 e. The Morgan fingerprint density at radius 3 is 3.00 bits per heavy atom. The van der Waals surface area contributed by atoms with Crippen LogP contribution < -0.4 is 0 Å². The molecule has 4 nitrogen and oxygen atoms in total. The van der Waals surface area contributed by atoms with Gasteiger partial charge in [0.1, 0.15) is 0 Å². The summed E-state index contributed by atoms with van der Waals surface area (Å²) in [6.07, 6.45) is 0.201. The van der Waals surface area contributed by atoms with Crippen molar-refractivity contribution in [3.05, 3.63) is 0 Å². The molecular weight excluding hydrogens is 144 g/mol. The third-order valence-electron chi connectivity index (χ3n) is 1.76. The molecule has 0 spiro atoms. The number of carbonyl (C=O) groups is 1. The van der Waals surface area contributed by atoms with Crippen molar-refractivity contribution in [3.63, 3.8) is 0 Å². The van der Waals surface area contributed by atoms with Crippen LogP contribution in [-0.2, 0) is 4.79 Å². The third kappa shape index (κ3) is 2.22. The van der Waals surface area contributed by atoms with Gasteiger partial charge in [0.15, 0.2) is 0 Å². The second kappa shape index (κ2) is 3.37. The van der Waals surface area contributed by atoms with E-state index in [9.17, 15) is 4.79 Å². The number of rotatable bonds is 3. The Morgan fingerprint density at radius 1 is 1.82 bits per heavy atom. The molecule has 1 aliphatic heterocycles. The Bertz CT molecular complexity index is 189. The highest BCUT2D eigenvalue weighted by atomic mass is 16.4. The van der Waals surface area contributed by atoms with E-state index in [0.29, 0.717) is 6.54 Å². The zero-order chi connectivity index (χ0) is 8.27. The molecule has 0 fully saturated rings. The summed E-state index contributed by atoms with van der Waals surface area (Å²) in [4.78, 5) is 16.3. The minimum Gasteiger partial charge on any atom is -0.481 e. The second-order valence-corrected chi connectivity index (χ2v) is 2.56. The Balaban J connectivity index is 2.27. The number of carboxylic acid groups (broad SMARTS) is 1. The van der Waals surface area contributed by atoms with Gasteiger partial charge in [-0.1, -0.05) is 0 Å². The van der Waals surface area contributed by atoms with Crippen molar-refractivity contribution in [2.24, 2.45) is 4.99 Å². The maximum atomic E-state index is 10.2. The predicted octanol–water partition coefficient (Wildman–Crippen LogP) is 0.195. The number of aliphatic imine (C=N–C) groups is 1. The van der Waals surface area contributed by atoms with Crippen LogP contribution in [0, 0.1) is 0 Å². The highest BCUT2D eigenvalue weighted by molar-refractivity contribution is 5.81. The smallest absolute Gasteiger partial charge is 0.305 e. The van der Waals surface area contributed by atoms with Crippen LogP contribution in [0.25, 0.3) is 0 Å². The average Bonchev–Trinajstić information content (AvgIpc) is 2.31. The standard InChI is InChI=1S/C7H12N2O2/c1-6-8-3-5-9(6)4-2-7(10)11/h2-5H2,1H3,(H,10,11). The van der Waals surface area contributed by atoms with Crippen molar-refractivity contribution in [2.75, 3.05) is 19.6 Å². The molecule has 0 bridgehead atoms. The number of hydrogen-bond donors (Lipinski definition) is 1. The molecule has 0 radical (unpaired) electrons. The van der Waals surface area contributed by atoms with Gasteiger partial charge in [0.05, 0.1) is 18.8 Å². The molecule has 62 valence electrons. The van der Waals surface area contributed by atoms with E-state index < -0.39 is 5.97 Å². The van der Waals surface area contributed by atoms with E-state index >= 15 is 0 Å². The molecule has 0 saturated carbocycles. The molecule has 0 aromatic carbocycles. The van der Waals surface area contributed by atoms with Crippen LogP contribution >= 0.6 is 0 Å². The second-order valence-electron chi connectivity index (χ2n) is 2.56. The minimum atomic E-state index is -0.746. The van der Waals surface area contributed by atoms with Gasteiger partial charge in [-0.3, -0.25) is 9.79 Å². The van der Waals surface area contributed by atoms with Crippen molar-refractivity contribution in [2.45, 2.75) is 13.3 Å². The first kappa shape index (κ1) is 8.04. The van der Waals surface area contributed by atoms with Crippen molar-refractivity contribution in [3.8, 4) is 0 Å². The fourth-order valence-corrected chi connectivity index (χ4v) is 1.10. The molecule has 0 aromatic rings. The van der Waals surface area contributed by atoms with Gasteiger partial charge in [-0.05, 0) is 6.92 Å². The summed E-state index contributed by atoms with van der Waals surface area (Å²) in [5.74, 6) is 0.218. The molecular formula is C7H12N2O2. The molecule has 1 aliphatic rings. The topological polar surface area (TPSA) is 52.9 Å². The lowest BCUT2D eigenvalue weighted by Gasteiger charge is -2.15. The lowest BCUT2D eigenvalue weighted by molar-refractivity contribution is -0.137. The van der Waals surface area contributed by atoms with Crippen LogP contribution in [0.4, 0.5) is 0 Å². The first-order chi connectivity index (χ1) is 5.20. The number of nitrogens with zero attached hydrogens (tertiary/aromatic N) is 2. The monoisotopic (exact) mass is 156 g/mol. The summed E-state index contributed by atoms with van der Waals surface area (Å²) < 4.78 is 0. The molecule has 0 unspecified atom stereocenters. The van der Waals surface area contributed by atoms with Gasteiger partial charge in [0, 0.05) is 13.1 Å². The molecule has 1 N–H and O–H groups in total. The van der Waals surface area contributed by atoms with Gasteiger partial charge in [0.2, 0.25) is 0 Å². The van der Waals surface area contributed by atoms with Crippen molar-refractivity contribution >= 4 is 11.8 Å². The summed E-state index contributed by atoms with van der Waals surface area (Å²) in [7, 11) is 0. The summed E-state index contributed by atoms with van der Waals surface area (Å²) in [6, 6.07) is 0. The molecule has 0 aliphatic carbocycles. The molecule has 1 heterocycles. The quantitative estimate of drug-likeness (QED) is 0.634. The normalized spacial score (nSPS) is 16.8. The zero-order valence-corrected chi connectivity index (χ0v) is 6.58. The van der Waals surface area contributed by atoms with Crippen LogP contribution in [0.1, 0.15) is 13.3 Å². The maximum absolute atomic E-state index is 10.2. The fourth-order valence-electron chi connectivity index (χ4n) is 1.10. The van der Waals surface area contributed by atoms with E-state index in [2.05, 4.69) is 4.99 Å². The van der Waals surface area contributed by atoms with Crippen molar-refractivity contribution in [1.29, 1.82) is 0 Å². The average molecular weight is 156 g/mol. The number of carboxylic acids is 1. The van der Waals surface area contributed by atoms with E-state index in [1.54, 1.807) is 0 Å². The number of aliphatic carboxylic acids is 1. The van der Waals surface area contributed by atoms with Crippen LogP contribution in [0.3, 0.4) is 0 Å². The Labute approximate surface area is 65.5 Å². The van der Waals surface area contributed by atoms with Gasteiger partial charge < -0.3 is 10.0 Å². The molecule has 4 heteroatoms. The van der Waals surface area contributed by atoms with Crippen molar-refractivity contribution in [1.82, 2.24) is 4.90 Å². The van der Waals surface area contributed by atoms with Crippen LogP contribution in [0.2, 0.25) is 0 Å². The Kier molecular flexibility index (Phi) is 2.46. The fraction of sp³-hybridized carbons (Fsp3) is 0.714. The molecule has 0 atom stereocenters.